The maximum absolute atomic E-state index is 14.5. The van der Waals surface area contributed by atoms with E-state index in [-0.39, 0.29) is 72.9 Å². The number of ketones is 2. The first-order chi connectivity index (χ1) is 36.4. The van der Waals surface area contributed by atoms with Gasteiger partial charge in [-0.2, -0.15) is 0 Å². The monoisotopic (exact) mass is 1080 g/mol. The number of rotatable bonds is 22. The molecule has 8 rings (SSSR count). The largest absolute Gasteiger partial charge is 0.480 e. The molecule has 5 aromatic rings. The second-order valence-electron chi connectivity index (χ2n) is 20.5. The number of Topliss-reactive ketones (excluding diaryl/α,β-unsaturated/α-hetero) is 2. The molecular weight excluding hydrogens is 1010 g/mol. The van der Waals surface area contributed by atoms with Crippen LogP contribution in [0, 0.1) is 13.8 Å². The van der Waals surface area contributed by atoms with Gasteiger partial charge in [0.15, 0.2) is 11.6 Å². The summed E-state index contributed by atoms with van der Waals surface area (Å²) >= 11 is 12.0. The van der Waals surface area contributed by atoms with E-state index >= 15 is 0 Å². The molecule has 4 aromatic heterocycles. The Labute approximate surface area is 452 Å². The molecule has 3 aliphatic rings. The maximum Gasteiger partial charge on any atom is 0.326 e. The number of carbonyl (C=O) groups is 6. The summed E-state index contributed by atoms with van der Waals surface area (Å²) in [6.07, 6.45) is 3.40. The number of carboxylic acids is 1. The van der Waals surface area contributed by atoms with Crippen molar-refractivity contribution in [1.82, 2.24) is 40.1 Å². The van der Waals surface area contributed by atoms with Gasteiger partial charge in [-0.25, -0.2) is 9.78 Å². The maximum atomic E-state index is 14.5. The smallest absolute Gasteiger partial charge is 0.326 e. The Hall–Kier alpha value is -6.59. The van der Waals surface area contributed by atoms with Gasteiger partial charge in [-0.05, 0) is 107 Å². The van der Waals surface area contributed by atoms with Crippen LogP contribution < -0.4 is 15.5 Å². The van der Waals surface area contributed by atoms with Crippen molar-refractivity contribution in [3.05, 3.63) is 92.8 Å². The number of aromatic amines is 2. The summed E-state index contributed by atoms with van der Waals surface area (Å²) < 4.78 is 7.27. The third-order valence-electron chi connectivity index (χ3n) is 15.8. The Morgan fingerprint density at radius 2 is 1.53 bits per heavy atom. The lowest BCUT2D eigenvalue weighted by Crippen LogP contribution is -2.41. The van der Waals surface area contributed by atoms with Crippen LogP contribution in [0.15, 0.2) is 36.4 Å². The zero-order valence-electron chi connectivity index (χ0n) is 44.6. The van der Waals surface area contributed by atoms with Crippen LogP contribution in [0.2, 0.25) is 0 Å². The molecule has 6 atom stereocenters. The molecule has 0 saturated heterocycles. The summed E-state index contributed by atoms with van der Waals surface area (Å²) in [5.41, 5.74) is 11.2. The van der Waals surface area contributed by atoms with Gasteiger partial charge in [0.05, 0.1) is 34.9 Å². The number of aromatic nitrogens is 6. The summed E-state index contributed by atoms with van der Waals surface area (Å²) in [7, 11) is 3.20. The summed E-state index contributed by atoms with van der Waals surface area (Å²) in [6, 6.07) is 10.8. The van der Waals surface area contributed by atoms with Crippen molar-refractivity contribution in [2.45, 2.75) is 135 Å². The van der Waals surface area contributed by atoms with Crippen molar-refractivity contribution in [2.24, 2.45) is 7.05 Å². The Kier molecular flexibility index (Phi) is 17.4. The van der Waals surface area contributed by atoms with Crippen molar-refractivity contribution in [3.63, 3.8) is 0 Å². The molecule has 0 saturated carbocycles. The summed E-state index contributed by atoms with van der Waals surface area (Å²) in [5, 5.41) is 15.6. The van der Waals surface area contributed by atoms with Gasteiger partial charge in [-0.1, -0.05) is 20.8 Å². The van der Waals surface area contributed by atoms with E-state index in [1.165, 1.54) is 7.11 Å². The molecule has 2 aliphatic heterocycles. The highest BCUT2D eigenvalue weighted by Crippen LogP contribution is 2.48. The molecule has 0 fully saturated rings. The van der Waals surface area contributed by atoms with E-state index in [0.717, 1.165) is 45.9 Å². The number of nitrogens with zero attached hydrogens (tertiary/aromatic N) is 5. The van der Waals surface area contributed by atoms with E-state index in [0.29, 0.717) is 113 Å². The summed E-state index contributed by atoms with van der Waals surface area (Å²) in [5.74, 6) is -2.84. The van der Waals surface area contributed by atoms with Crippen LogP contribution in [0.4, 0.5) is 5.69 Å². The molecule has 6 heterocycles. The Morgan fingerprint density at radius 1 is 0.855 bits per heavy atom. The van der Waals surface area contributed by atoms with E-state index in [2.05, 4.69) is 39.3 Å². The number of imidazole rings is 1. The van der Waals surface area contributed by atoms with E-state index in [4.69, 9.17) is 42.9 Å². The minimum Gasteiger partial charge on any atom is -0.480 e. The predicted octanol–water partition coefficient (Wildman–Crippen LogP) is 9.60. The fraction of sp³-hybridized carbons (Fsp3) is 0.491. The van der Waals surface area contributed by atoms with Gasteiger partial charge in [0.25, 0.3) is 0 Å². The molecule has 19 heteroatoms. The number of hydrogen-bond acceptors (Lipinski definition) is 11. The normalized spacial score (nSPS) is 18.2. The highest BCUT2D eigenvalue weighted by atomic mass is 35.5. The van der Waals surface area contributed by atoms with Gasteiger partial charge in [0.2, 0.25) is 11.8 Å². The standard InChI is InChI=1S/C57H69Cl2N9O8/c1-9-35-29(2)38-28-44-49(33(6)69)31(4)40(62-44)26-39-30(3)36(53(65-39)51-52(57(75)76-8)55(72)50-32(5)41(66-54(50)51)27-42(35)61-38)13-10-16-47(70)60-22-12-14-37(56(73)74)64-48(71)17-11-15-46-63-43-25-34(18-19-45(43)67(46)7)68(23-20-58)24-21-59/h18-19,25-30,35-37,52,62,66H,9-17,20-24H2,1-8H3,(H,60,70)(H,64,71)(H,73,74)/t29-,30+,35-,36+,37?,52?/m1/s1. The van der Waals surface area contributed by atoms with Crippen molar-refractivity contribution >= 4 is 97.3 Å². The van der Waals surface area contributed by atoms with Crippen LogP contribution in [-0.2, 0) is 37.4 Å². The molecule has 0 spiro atoms. The molecule has 5 N–H and O–H groups in total. The van der Waals surface area contributed by atoms with Crippen LogP contribution in [0.1, 0.15) is 175 Å². The number of carboxylic acid groups (broad SMARTS) is 1. The zero-order chi connectivity index (χ0) is 54.7. The molecule has 1 aliphatic carbocycles. The minimum absolute atomic E-state index is 0.0551. The number of carbonyl (C=O) groups excluding carboxylic acids is 5. The molecule has 0 radical (unpaired) electrons. The number of aryl methyl sites for hydroxylation is 4. The average molecular weight is 1080 g/mol. The number of alkyl halides is 2. The number of methoxy groups -OCH3 is 1. The number of H-pyrrole nitrogens is 2. The zero-order valence-corrected chi connectivity index (χ0v) is 46.1. The second kappa shape index (κ2) is 23.7. The Balaban J connectivity index is 0.945. The van der Waals surface area contributed by atoms with Crippen LogP contribution in [0.25, 0.3) is 33.1 Å². The average Bonchev–Trinajstić information content (AvgIpc) is 4.19. The number of hydrogen-bond donors (Lipinski definition) is 5. The quantitative estimate of drug-likeness (QED) is 0.0143. The lowest BCUT2D eigenvalue weighted by Gasteiger charge is -2.22. The molecule has 76 heavy (non-hydrogen) atoms. The van der Waals surface area contributed by atoms with Crippen molar-refractivity contribution in [2.75, 3.05) is 43.4 Å². The number of amides is 2. The number of anilines is 1. The van der Waals surface area contributed by atoms with E-state index in [1.54, 1.807) is 6.92 Å². The summed E-state index contributed by atoms with van der Waals surface area (Å²) in [4.78, 5) is 104. The molecular formula is C57H69Cl2N9O8. The third kappa shape index (κ3) is 11.1. The molecule has 8 bridgehead atoms. The molecule has 404 valence electrons. The topological polar surface area (TPSA) is 234 Å². The molecule has 1 aromatic carbocycles. The number of nitrogens with one attached hydrogen (secondary N) is 4. The highest BCUT2D eigenvalue weighted by Gasteiger charge is 2.45. The number of benzene rings is 1. The van der Waals surface area contributed by atoms with Gasteiger partial charge >= 0.3 is 11.9 Å². The highest BCUT2D eigenvalue weighted by molar-refractivity contribution is 6.23. The molecule has 2 amide bonds. The Morgan fingerprint density at radius 3 is 2.21 bits per heavy atom. The fourth-order valence-corrected chi connectivity index (χ4v) is 12.0. The fourth-order valence-electron chi connectivity index (χ4n) is 11.6. The first-order valence-electron chi connectivity index (χ1n) is 26.4. The predicted molar refractivity (Wildman–Crippen MR) is 295 cm³/mol. The first-order valence-corrected chi connectivity index (χ1v) is 27.5. The molecule has 17 nitrogen and oxygen atoms in total. The van der Waals surface area contributed by atoms with Crippen molar-refractivity contribution < 1.29 is 38.6 Å². The minimum atomic E-state index is -1.25. The number of fused-ring (bicyclic) bond motifs is 9. The van der Waals surface area contributed by atoms with Crippen LogP contribution in [-0.4, -0.2) is 114 Å². The van der Waals surface area contributed by atoms with Crippen LogP contribution in [0.5, 0.6) is 0 Å². The lowest BCUT2D eigenvalue weighted by atomic mass is 9.83. The van der Waals surface area contributed by atoms with E-state index in [9.17, 15) is 33.9 Å². The van der Waals surface area contributed by atoms with Crippen molar-refractivity contribution in [1.29, 1.82) is 0 Å². The number of ether oxygens (including phenoxy) is 1. The van der Waals surface area contributed by atoms with Gasteiger partial charge < -0.3 is 39.9 Å². The first kappa shape index (κ1) is 55.6. The SMILES string of the molecule is CC[C@H]1c2cc3[nH]c4c(c3C)C(=O)C(C(=O)OC)c4c3nc(cc4[nH]c(cc(n2)[C@@H]1C)c(C(C)=O)c4C)[C@@H](C)[C@@H]3CCCC(=O)NCCCC(NC(=O)CCCc1nc2cc(N(CCCl)CCCl)ccc2n1C)C(=O)O. The van der Waals surface area contributed by atoms with Gasteiger partial charge in [-0.3, -0.25) is 33.9 Å². The Bertz CT molecular complexity index is 3260. The third-order valence-corrected chi connectivity index (χ3v) is 16.2. The molecule has 2 unspecified atom stereocenters. The number of aliphatic carboxylic acids is 1. The van der Waals surface area contributed by atoms with E-state index < -0.39 is 23.9 Å². The summed E-state index contributed by atoms with van der Waals surface area (Å²) in [6.45, 7) is 13.1. The van der Waals surface area contributed by atoms with E-state index in [1.807, 2.05) is 68.8 Å². The number of halogens is 2. The van der Waals surface area contributed by atoms with Crippen LogP contribution >= 0.6 is 23.2 Å². The van der Waals surface area contributed by atoms with Crippen molar-refractivity contribution in [3.8, 4) is 0 Å². The second-order valence-corrected chi connectivity index (χ2v) is 21.2. The van der Waals surface area contributed by atoms with Crippen LogP contribution in [0.3, 0.4) is 0 Å². The number of esters is 1. The van der Waals surface area contributed by atoms with Gasteiger partial charge in [-0.15, -0.1) is 23.2 Å². The van der Waals surface area contributed by atoms with Gasteiger partial charge in [0, 0.05) is 132 Å². The lowest BCUT2D eigenvalue weighted by molar-refractivity contribution is -0.142. The van der Waals surface area contributed by atoms with Gasteiger partial charge in [0.1, 0.15) is 17.8 Å².